The lowest BCUT2D eigenvalue weighted by atomic mass is 9.68. The Morgan fingerprint density at radius 2 is 1.95 bits per heavy atom. The lowest BCUT2D eigenvalue weighted by Crippen LogP contribution is -2.46. The Balaban J connectivity index is 1.73. The van der Waals surface area contributed by atoms with Crippen LogP contribution in [0.1, 0.15) is 24.8 Å². The van der Waals surface area contributed by atoms with Gasteiger partial charge < -0.3 is 10.6 Å². The molecule has 2 rings (SSSR count). The largest absolute Gasteiger partial charge is 0.319 e. The van der Waals surface area contributed by atoms with Crippen LogP contribution in [0, 0.1) is 17.0 Å². The van der Waals surface area contributed by atoms with E-state index in [0.717, 1.165) is 31.6 Å². The highest BCUT2D eigenvalue weighted by atomic mass is 19.2. The second-order valence-corrected chi connectivity index (χ2v) is 5.56. The van der Waals surface area contributed by atoms with E-state index < -0.39 is 11.6 Å². The zero-order valence-corrected chi connectivity index (χ0v) is 11.4. The van der Waals surface area contributed by atoms with E-state index in [2.05, 4.69) is 10.6 Å². The molecule has 0 saturated heterocycles. The molecule has 1 aromatic rings. The minimum atomic E-state index is -0.779. The zero-order valence-electron chi connectivity index (χ0n) is 11.4. The molecule has 19 heavy (non-hydrogen) atoms. The standard InChI is InChI=1S/C15H22F2N2/c1-18-10-15(6-2-7-15)11-19-8-5-12-3-4-13(16)14(17)9-12/h3-4,9,18-19H,2,5-8,10-11H2,1H3. The third-order valence-corrected chi connectivity index (χ3v) is 4.04. The van der Waals surface area contributed by atoms with Crippen LogP contribution in [0.5, 0.6) is 0 Å². The minimum absolute atomic E-state index is 0.406. The normalized spacial score (nSPS) is 17.2. The van der Waals surface area contributed by atoms with Crippen LogP contribution in [0.3, 0.4) is 0 Å². The molecular formula is C15H22F2N2. The fourth-order valence-corrected chi connectivity index (χ4v) is 2.75. The number of benzene rings is 1. The molecule has 0 aromatic heterocycles. The first kappa shape index (κ1) is 14.4. The molecule has 1 aliphatic rings. The minimum Gasteiger partial charge on any atom is -0.319 e. The number of rotatable bonds is 7. The maximum Gasteiger partial charge on any atom is 0.159 e. The van der Waals surface area contributed by atoms with Gasteiger partial charge in [0.25, 0.3) is 0 Å². The zero-order chi connectivity index (χ0) is 13.7. The number of hydrogen-bond donors (Lipinski definition) is 2. The van der Waals surface area contributed by atoms with Gasteiger partial charge in [-0.3, -0.25) is 0 Å². The van der Waals surface area contributed by atoms with E-state index in [0.29, 0.717) is 5.41 Å². The van der Waals surface area contributed by atoms with Crippen LogP contribution in [0.4, 0.5) is 8.78 Å². The third kappa shape index (κ3) is 3.74. The van der Waals surface area contributed by atoms with Crippen molar-refractivity contribution in [1.82, 2.24) is 10.6 Å². The first-order valence-corrected chi connectivity index (χ1v) is 6.94. The highest BCUT2D eigenvalue weighted by molar-refractivity contribution is 5.18. The molecule has 0 atom stereocenters. The van der Waals surface area contributed by atoms with Crippen LogP contribution in [-0.2, 0) is 6.42 Å². The molecule has 0 radical (unpaired) electrons. The Labute approximate surface area is 113 Å². The van der Waals surface area contributed by atoms with E-state index in [4.69, 9.17) is 0 Å². The first-order valence-electron chi connectivity index (χ1n) is 6.94. The Morgan fingerprint density at radius 1 is 1.16 bits per heavy atom. The summed E-state index contributed by atoms with van der Waals surface area (Å²) in [5, 5.41) is 6.69. The van der Waals surface area contributed by atoms with E-state index >= 15 is 0 Å². The molecule has 2 nitrogen and oxygen atoms in total. The number of nitrogens with one attached hydrogen (secondary N) is 2. The third-order valence-electron chi connectivity index (χ3n) is 4.04. The molecule has 0 bridgehead atoms. The van der Waals surface area contributed by atoms with Crippen LogP contribution >= 0.6 is 0 Å². The van der Waals surface area contributed by atoms with Gasteiger partial charge in [-0.05, 0) is 56.0 Å². The lowest BCUT2D eigenvalue weighted by molar-refractivity contribution is 0.131. The summed E-state index contributed by atoms with van der Waals surface area (Å²) in [6.45, 7) is 2.85. The van der Waals surface area contributed by atoms with Crippen molar-refractivity contribution in [1.29, 1.82) is 0 Å². The monoisotopic (exact) mass is 268 g/mol. The van der Waals surface area contributed by atoms with E-state index in [-0.39, 0.29) is 0 Å². The smallest absolute Gasteiger partial charge is 0.159 e. The van der Waals surface area contributed by atoms with E-state index in [1.807, 2.05) is 7.05 Å². The van der Waals surface area contributed by atoms with Gasteiger partial charge >= 0.3 is 0 Å². The SMILES string of the molecule is CNCC1(CNCCc2ccc(F)c(F)c2)CCC1. The summed E-state index contributed by atoms with van der Waals surface area (Å²) in [4.78, 5) is 0. The van der Waals surface area contributed by atoms with Crippen molar-refractivity contribution in [3.63, 3.8) is 0 Å². The Hall–Kier alpha value is -1.00. The van der Waals surface area contributed by atoms with Gasteiger partial charge in [0, 0.05) is 13.1 Å². The Morgan fingerprint density at radius 3 is 2.53 bits per heavy atom. The maximum atomic E-state index is 13.0. The van der Waals surface area contributed by atoms with Gasteiger partial charge in [-0.25, -0.2) is 8.78 Å². The predicted molar refractivity (Wildman–Crippen MR) is 73.1 cm³/mol. The highest BCUT2D eigenvalue weighted by Crippen LogP contribution is 2.39. The van der Waals surface area contributed by atoms with Crippen LogP contribution in [-0.4, -0.2) is 26.7 Å². The molecule has 0 amide bonds. The number of hydrogen-bond acceptors (Lipinski definition) is 2. The van der Waals surface area contributed by atoms with Gasteiger partial charge in [0.05, 0.1) is 0 Å². The van der Waals surface area contributed by atoms with E-state index in [1.165, 1.54) is 31.4 Å². The quantitative estimate of drug-likeness (QED) is 0.742. The molecule has 4 heteroatoms. The van der Waals surface area contributed by atoms with Gasteiger partial charge in [-0.15, -0.1) is 0 Å². The maximum absolute atomic E-state index is 13.0. The summed E-state index contributed by atoms with van der Waals surface area (Å²) in [5.74, 6) is -1.54. The van der Waals surface area contributed by atoms with E-state index in [1.54, 1.807) is 6.07 Å². The molecule has 0 aliphatic heterocycles. The van der Waals surface area contributed by atoms with Crippen molar-refractivity contribution in [3.05, 3.63) is 35.4 Å². The lowest BCUT2D eigenvalue weighted by Gasteiger charge is -2.42. The van der Waals surface area contributed by atoms with Crippen LogP contribution in [0.25, 0.3) is 0 Å². The summed E-state index contributed by atoms with van der Waals surface area (Å²) in [7, 11) is 1.99. The van der Waals surface area contributed by atoms with Crippen LogP contribution < -0.4 is 10.6 Å². The molecule has 2 N–H and O–H groups in total. The molecular weight excluding hydrogens is 246 g/mol. The van der Waals surface area contributed by atoms with Gasteiger partial charge in [-0.2, -0.15) is 0 Å². The molecule has 1 aromatic carbocycles. The molecule has 1 saturated carbocycles. The topological polar surface area (TPSA) is 24.1 Å². The molecule has 1 aliphatic carbocycles. The highest BCUT2D eigenvalue weighted by Gasteiger charge is 2.35. The van der Waals surface area contributed by atoms with Gasteiger partial charge in [-0.1, -0.05) is 12.5 Å². The second-order valence-electron chi connectivity index (χ2n) is 5.56. The van der Waals surface area contributed by atoms with Gasteiger partial charge in [0.1, 0.15) is 0 Å². The average molecular weight is 268 g/mol. The predicted octanol–water partition coefficient (Wildman–Crippen LogP) is 2.49. The second kappa shape index (κ2) is 6.44. The van der Waals surface area contributed by atoms with E-state index in [9.17, 15) is 8.78 Å². The van der Waals surface area contributed by atoms with Gasteiger partial charge in [0.15, 0.2) is 11.6 Å². The van der Waals surface area contributed by atoms with Crippen molar-refractivity contribution in [2.45, 2.75) is 25.7 Å². The summed E-state index contributed by atoms with van der Waals surface area (Å²) >= 11 is 0. The summed E-state index contributed by atoms with van der Waals surface area (Å²) in [6, 6.07) is 4.12. The van der Waals surface area contributed by atoms with Crippen LogP contribution in [0.2, 0.25) is 0 Å². The molecule has 1 fully saturated rings. The van der Waals surface area contributed by atoms with Crippen molar-refractivity contribution < 1.29 is 8.78 Å². The molecule has 0 unspecified atom stereocenters. The van der Waals surface area contributed by atoms with Crippen molar-refractivity contribution in [2.75, 3.05) is 26.7 Å². The van der Waals surface area contributed by atoms with Crippen LogP contribution in [0.15, 0.2) is 18.2 Å². The Kier molecular flexibility index (Phi) is 4.88. The summed E-state index contributed by atoms with van der Waals surface area (Å²) < 4.78 is 25.8. The number of halogens is 2. The van der Waals surface area contributed by atoms with Gasteiger partial charge in [0.2, 0.25) is 0 Å². The Bertz CT molecular complexity index is 417. The molecule has 0 spiro atoms. The summed E-state index contributed by atoms with van der Waals surface area (Å²) in [5.41, 5.74) is 1.24. The molecule has 106 valence electrons. The first-order chi connectivity index (χ1) is 9.15. The average Bonchev–Trinajstić information content (AvgIpc) is 2.35. The van der Waals surface area contributed by atoms with Crippen molar-refractivity contribution >= 4 is 0 Å². The summed E-state index contributed by atoms with van der Waals surface area (Å²) in [6.07, 6.45) is 4.58. The van der Waals surface area contributed by atoms with Crippen molar-refractivity contribution in [3.8, 4) is 0 Å². The molecule has 0 heterocycles. The fourth-order valence-electron chi connectivity index (χ4n) is 2.75. The van der Waals surface area contributed by atoms with Crippen molar-refractivity contribution in [2.24, 2.45) is 5.41 Å². The fraction of sp³-hybridized carbons (Fsp3) is 0.600.